The number of benzene rings is 2. The smallest absolute Gasteiger partial charge is 0.303 e. The minimum atomic E-state index is -1.16. The van der Waals surface area contributed by atoms with Gasteiger partial charge in [0, 0.05) is 13.1 Å². The third-order valence-electron chi connectivity index (χ3n) is 5.59. The lowest BCUT2D eigenvalue weighted by atomic mass is 9.86. The third-order valence-corrected chi connectivity index (χ3v) is 5.59. The monoisotopic (exact) mass is 450 g/mol. The molecule has 2 atom stereocenters. The van der Waals surface area contributed by atoms with Crippen LogP contribution in [0.1, 0.15) is 35.8 Å². The number of halogens is 1. The number of carbonyl (C=O) groups is 2. The first-order valence-electron chi connectivity index (χ1n) is 10.3. The van der Waals surface area contributed by atoms with E-state index in [9.17, 15) is 14.0 Å². The number of aromatic nitrogens is 1. The highest BCUT2D eigenvalue weighted by molar-refractivity contribution is 5.91. The lowest BCUT2D eigenvalue weighted by Gasteiger charge is -2.49. The van der Waals surface area contributed by atoms with E-state index >= 15 is 0 Å². The lowest BCUT2D eigenvalue weighted by molar-refractivity contribution is -0.186. The molecule has 8 heteroatoms. The third kappa shape index (κ3) is 4.24. The molecule has 1 amide bonds. The van der Waals surface area contributed by atoms with Crippen LogP contribution in [0.25, 0.3) is 0 Å². The number of ether oxygens (including phenoxy) is 3. The molecule has 2 unspecified atom stereocenters. The van der Waals surface area contributed by atoms with Gasteiger partial charge in [-0.25, -0.2) is 4.39 Å². The minimum Gasteiger partial charge on any atom is -0.497 e. The number of esters is 1. The fourth-order valence-corrected chi connectivity index (χ4v) is 4.04. The summed E-state index contributed by atoms with van der Waals surface area (Å²) in [6.07, 6.45) is 0.283. The first kappa shape index (κ1) is 22.3. The molecule has 0 aliphatic carbocycles. The van der Waals surface area contributed by atoms with E-state index in [1.807, 2.05) is 24.3 Å². The molecule has 0 saturated carbocycles. The van der Waals surface area contributed by atoms with Gasteiger partial charge in [0.05, 0.1) is 20.3 Å². The summed E-state index contributed by atoms with van der Waals surface area (Å²) in [7, 11) is 3.14. The second kappa shape index (κ2) is 9.28. The maximum atomic E-state index is 14.8. The maximum Gasteiger partial charge on any atom is 0.303 e. The number of hydrogen-bond acceptors (Lipinski definition) is 6. The van der Waals surface area contributed by atoms with Gasteiger partial charge in [-0.05, 0) is 47.5 Å². The second-order valence-electron chi connectivity index (χ2n) is 7.54. The summed E-state index contributed by atoms with van der Waals surface area (Å²) in [6, 6.07) is 15.8. The Kier molecular flexibility index (Phi) is 6.26. The normalized spacial score (nSPS) is 17.5. The van der Waals surface area contributed by atoms with E-state index in [0.717, 1.165) is 11.1 Å². The zero-order chi connectivity index (χ0) is 23.5. The first-order chi connectivity index (χ1) is 15.9. The van der Waals surface area contributed by atoms with Crippen LogP contribution >= 0.6 is 0 Å². The zero-order valence-electron chi connectivity index (χ0n) is 18.4. The number of nitrogens with zero attached hydrogens (tertiary/aromatic N) is 2. The zero-order valence-corrected chi connectivity index (χ0v) is 18.4. The maximum absolute atomic E-state index is 14.8. The predicted molar refractivity (Wildman–Crippen MR) is 117 cm³/mol. The van der Waals surface area contributed by atoms with Crippen molar-refractivity contribution in [3.8, 4) is 11.5 Å². The van der Waals surface area contributed by atoms with E-state index in [1.54, 1.807) is 38.5 Å². The Balaban J connectivity index is 1.83. The molecule has 0 spiro atoms. The van der Waals surface area contributed by atoms with Gasteiger partial charge < -0.3 is 19.1 Å². The van der Waals surface area contributed by atoms with Crippen LogP contribution in [0.15, 0.2) is 66.9 Å². The molecule has 1 aliphatic rings. The number of hydrogen-bond donors (Lipinski definition) is 0. The first-order valence-corrected chi connectivity index (χ1v) is 10.3. The van der Waals surface area contributed by atoms with Crippen molar-refractivity contribution in [2.45, 2.75) is 25.1 Å². The Bertz CT molecular complexity index is 1100. The highest BCUT2D eigenvalue weighted by Crippen LogP contribution is 2.46. The van der Waals surface area contributed by atoms with E-state index < -0.39 is 35.9 Å². The highest BCUT2D eigenvalue weighted by Gasteiger charge is 2.55. The van der Waals surface area contributed by atoms with Gasteiger partial charge in [0.15, 0.2) is 0 Å². The average Bonchev–Trinajstić information content (AvgIpc) is 2.84. The van der Waals surface area contributed by atoms with Crippen molar-refractivity contribution in [2.75, 3.05) is 14.2 Å². The summed E-state index contributed by atoms with van der Waals surface area (Å²) < 4.78 is 30.6. The van der Waals surface area contributed by atoms with Crippen LogP contribution in [-0.4, -0.2) is 42.1 Å². The number of methoxy groups -OCH3 is 2. The van der Waals surface area contributed by atoms with E-state index in [1.165, 1.54) is 30.2 Å². The Labute approximate surface area is 190 Å². The van der Waals surface area contributed by atoms with Crippen LogP contribution in [0.2, 0.25) is 0 Å². The van der Waals surface area contributed by atoms with Crippen molar-refractivity contribution in [1.29, 1.82) is 0 Å². The van der Waals surface area contributed by atoms with Gasteiger partial charge >= 0.3 is 5.97 Å². The van der Waals surface area contributed by atoms with E-state index in [4.69, 9.17) is 14.2 Å². The van der Waals surface area contributed by atoms with E-state index in [2.05, 4.69) is 4.98 Å². The molecule has 1 aromatic heterocycles. The molecule has 0 radical (unpaired) electrons. The van der Waals surface area contributed by atoms with Gasteiger partial charge in [0.25, 0.3) is 5.91 Å². The Morgan fingerprint density at radius 1 is 0.970 bits per heavy atom. The number of carbonyl (C=O) groups excluding carboxylic acids is 2. The molecular formula is C25H23FN2O5. The van der Waals surface area contributed by atoms with Crippen molar-refractivity contribution in [3.63, 3.8) is 0 Å². The molecular weight excluding hydrogens is 427 g/mol. The Hall–Kier alpha value is -3.94. The summed E-state index contributed by atoms with van der Waals surface area (Å²) in [5.41, 5.74) is 1.59. The van der Waals surface area contributed by atoms with Crippen LogP contribution in [0.4, 0.5) is 4.39 Å². The predicted octanol–water partition coefficient (Wildman–Crippen LogP) is 3.84. The SMILES string of the molecule is COc1ccc(C(c2ccc(OC)cc2)N2C(=O)C(OC(C)=O)C2c2ncccc2F)cc1. The molecule has 2 heterocycles. The number of pyridine rings is 1. The minimum absolute atomic E-state index is 0.0374. The quantitative estimate of drug-likeness (QED) is 0.402. The molecule has 1 saturated heterocycles. The lowest BCUT2D eigenvalue weighted by Crippen LogP contribution is -2.61. The standard InChI is InChI=1S/C25H23FN2O5/c1-15(29)33-24-23(21-20(26)5-4-14-27-21)28(25(24)30)22(16-6-10-18(31-2)11-7-16)17-8-12-19(32-3)13-9-17/h4-14,22-24H,1-3H3. The van der Waals surface area contributed by atoms with Gasteiger partial charge in [-0.2, -0.15) is 0 Å². The van der Waals surface area contributed by atoms with Crippen LogP contribution in [-0.2, 0) is 14.3 Å². The molecule has 170 valence electrons. The van der Waals surface area contributed by atoms with Gasteiger partial charge in [0.2, 0.25) is 6.10 Å². The molecule has 0 bridgehead atoms. The number of rotatable bonds is 7. The van der Waals surface area contributed by atoms with Gasteiger partial charge in [-0.3, -0.25) is 14.6 Å². The molecule has 2 aromatic carbocycles. The van der Waals surface area contributed by atoms with Crippen molar-refractivity contribution < 1.29 is 28.2 Å². The van der Waals surface area contributed by atoms with Crippen LogP contribution in [0, 0.1) is 5.82 Å². The number of β-lactam (4-membered cyclic amide) rings is 1. The fourth-order valence-electron chi connectivity index (χ4n) is 4.04. The van der Waals surface area contributed by atoms with Gasteiger partial charge in [0.1, 0.15) is 29.1 Å². The second-order valence-corrected chi connectivity index (χ2v) is 7.54. The van der Waals surface area contributed by atoms with Gasteiger partial charge in [-0.1, -0.05) is 24.3 Å². The molecule has 1 fully saturated rings. The largest absolute Gasteiger partial charge is 0.497 e. The summed E-state index contributed by atoms with van der Waals surface area (Å²) in [5.74, 6) is -0.323. The Morgan fingerprint density at radius 3 is 1.97 bits per heavy atom. The van der Waals surface area contributed by atoms with Crippen molar-refractivity contribution in [3.05, 3.63) is 89.5 Å². The molecule has 0 N–H and O–H groups in total. The Morgan fingerprint density at radius 2 is 1.52 bits per heavy atom. The summed E-state index contributed by atoms with van der Waals surface area (Å²) in [4.78, 5) is 30.6. The number of likely N-dealkylation sites (tertiary alicyclic amines) is 1. The topological polar surface area (TPSA) is 78.0 Å². The van der Waals surface area contributed by atoms with Crippen molar-refractivity contribution in [2.24, 2.45) is 0 Å². The van der Waals surface area contributed by atoms with Crippen LogP contribution < -0.4 is 9.47 Å². The summed E-state index contributed by atoms with van der Waals surface area (Å²) in [6.45, 7) is 1.21. The highest BCUT2D eigenvalue weighted by atomic mass is 19.1. The van der Waals surface area contributed by atoms with Gasteiger partial charge in [-0.15, -0.1) is 0 Å². The molecule has 3 aromatic rings. The van der Waals surface area contributed by atoms with Crippen LogP contribution in [0.3, 0.4) is 0 Å². The van der Waals surface area contributed by atoms with Crippen molar-refractivity contribution in [1.82, 2.24) is 9.88 Å². The van der Waals surface area contributed by atoms with E-state index in [-0.39, 0.29) is 5.69 Å². The van der Waals surface area contributed by atoms with E-state index in [0.29, 0.717) is 11.5 Å². The summed E-state index contributed by atoms with van der Waals surface area (Å²) >= 11 is 0. The molecule has 7 nitrogen and oxygen atoms in total. The summed E-state index contributed by atoms with van der Waals surface area (Å²) in [5, 5.41) is 0. The molecule has 33 heavy (non-hydrogen) atoms. The number of amides is 1. The molecule has 4 rings (SSSR count). The average molecular weight is 450 g/mol. The van der Waals surface area contributed by atoms with Crippen LogP contribution in [0.5, 0.6) is 11.5 Å². The fraction of sp³-hybridized carbons (Fsp3) is 0.240. The van der Waals surface area contributed by atoms with Crippen molar-refractivity contribution >= 4 is 11.9 Å². The molecule has 1 aliphatic heterocycles.